The summed E-state index contributed by atoms with van der Waals surface area (Å²) in [5.41, 5.74) is 2.68. The van der Waals surface area contributed by atoms with Crippen LogP contribution in [0.3, 0.4) is 0 Å². The Balaban J connectivity index is 1.40. The molecule has 1 fully saturated rings. The fourth-order valence-electron chi connectivity index (χ4n) is 4.57. The number of fused-ring (bicyclic) bond motifs is 1. The second-order valence-electron chi connectivity index (χ2n) is 8.60. The van der Waals surface area contributed by atoms with E-state index in [-0.39, 0.29) is 5.54 Å². The molecule has 0 aromatic carbocycles. The van der Waals surface area contributed by atoms with Gasteiger partial charge in [-0.15, -0.1) is 6.42 Å². The van der Waals surface area contributed by atoms with Crippen molar-refractivity contribution in [1.82, 2.24) is 25.3 Å². The van der Waals surface area contributed by atoms with Crippen LogP contribution < -0.4 is 15.5 Å². The number of hydrogen-bond acceptors (Lipinski definition) is 8. The average Bonchev–Trinajstić information content (AvgIpc) is 3.19. The first-order chi connectivity index (χ1) is 15.6. The predicted molar refractivity (Wildman–Crippen MR) is 126 cm³/mol. The Bertz CT molecular complexity index is 1120. The standard InChI is InChI=1S/C23H27N7OS/c1-3-16-13-25-20(26-14-16)17-5-10-30(11-6-17)22-27-18-7-12-32(31)19(18)21(28-22)29-23(15-24-2)8-4-9-23/h1,5,13-14,24H,4,6-12,15H2,2H3,(H,27,28,29). The molecule has 1 aliphatic carbocycles. The van der Waals surface area contributed by atoms with Gasteiger partial charge >= 0.3 is 0 Å². The minimum Gasteiger partial charge on any atom is -0.362 e. The minimum absolute atomic E-state index is 0.0161. The molecule has 4 heterocycles. The van der Waals surface area contributed by atoms with Crippen molar-refractivity contribution in [1.29, 1.82) is 0 Å². The Kier molecular flexibility index (Phi) is 5.66. The zero-order valence-electron chi connectivity index (χ0n) is 18.2. The van der Waals surface area contributed by atoms with E-state index in [0.717, 1.165) is 66.6 Å². The lowest BCUT2D eigenvalue weighted by atomic mass is 9.76. The second-order valence-corrected chi connectivity index (χ2v) is 10.1. The van der Waals surface area contributed by atoms with Crippen molar-refractivity contribution in [3.05, 3.63) is 35.6 Å². The van der Waals surface area contributed by atoms with Gasteiger partial charge in [-0.3, -0.25) is 4.21 Å². The normalized spacial score (nSPS) is 21.3. The van der Waals surface area contributed by atoms with Crippen LogP contribution in [-0.2, 0) is 17.2 Å². The fourth-order valence-corrected chi connectivity index (χ4v) is 5.88. The van der Waals surface area contributed by atoms with Gasteiger partial charge in [-0.1, -0.05) is 12.0 Å². The van der Waals surface area contributed by atoms with Gasteiger partial charge in [0.15, 0.2) is 5.82 Å². The van der Waals surface area contributed by atoms with Gasteiger partial charge in [-0.05, 0) is 38.3 Å². The minimum atomic E-state index is -1.04. The molecule has 8 nitrogen and oxygen atoms in total. The van der Waals surface area contributed by atoms with Gasteiger partial charge in [0.1, 0.15) is 10.7 Å². The monoisotopic (exact) mass is 449 g/mol. The lowest BCUT2D eigenvalue weighted by Gasteiger charge is -2.43. The molecule has 2 aliphatic heterocycles. The Hall–Kier alpha value is -2.83. The Morgan fingerprint density at radius 2 is 2.06 bits per heavy atom. The Morgan fingerprint density at radius 1 is 1.25 bits per heavy atom. The zero-order valence-corrected chi connectivity index (χ0v) is 19.0. The van der Waals surface area contributed by atoms with E-state index in [1.807, 2.05) is 7.05 Å². The fraction of sp³-hybridized carbons (Fsp3) is 0.478. The van der Waals surface area contributed by atoms with Gasteiger partial charge in [0.05, 0.1) is 27.6 Å². The summed E-state index contributed by atoms with van der Waals surface area (Å²) >= 11 is 0. The van der Waals surface area contributed by atoms with Crippen LogP contribution in [0.1, 0.15) is 42.8 Å². The van der Waals surface area contributed by atoms with E-state index in [1.165, 1.54) is 6.42 Å². The molecule has 32 heavy (non-hydrogen) atoms. The van der Waals surface area contributed by atoms with Crippen LogP contribution in [0.25, 0.3) is 5.57 Å². The number of likely N-dealkylation sites (N-methyl/N-ethyl adjacent to an activating group) is 1. The number of nitrogens with one attached hydrogen (secondary N) is 2. The van der Waals surface area contributed by atoms with E-state index >= 15 is 0 Å². The zero-order chi connectivity index (χ0) is 22.1. The summed E-state index contributed by atoms with van der Waals surface area (Å²) in [6, 6.07) is 0. The van der Waals surface area contributed by atoms with Gasteiger partial charge in [0, 0.05) is 44.2 Å². The number of hydrogen-bond donors (Lipinski definition) is 2. The molecule has 2 aromatic rings. The van der Waals surface area contributed by atoms with Crippen molar-refractivity contribution < 1.29 is 4.21 Å². The summed E-state index contributed by atoms with van der Waals surface area (Å²) in [6.45, 7) is 2.32. The maximum Gasteiger partial charge on any atom is 0.227 e. The average molecular weight is 450 g/mol. The molecule has 166 valence electrons. The van der Waals surface area contributed by atoms with Crippen molar-refractivity contribution in [2.24, 2.45) is 0 Å². The van der Waals surface area contributed by atoms with Crippen molar-refractivity contribution in [2.75, 3.05) is 42.7 Å². The van der Waals surface area contributed by atoms with Gasteiger partial charge in [-0.2, -0.15) is 4.98 Å². The topological polar surface area (TPSA) is 95.9 Å². The van der Waals surface area contributed by atoms with Gasteiger partial charge in [0.2, 0.25) is 5.95 Å². The summed E-state index contributed by atoms with van der Waals surface area (Å²) in [5.74, 6) is 5.33. The number of anilines is 2. The molecule has 2 N–H and O–H groups in total. The first-order valence-corrected chi connectivity index (χ1v) is 12.4. The van der Waals surface area contributed by atoms with Crippen molar-refractivity contribution in [2.45, 2.75) is 42.5 Å². The number of nitrogens with zero attached hydrogens (tertiary/aromatic N) is 5. The highest BCUT2D eigenvalue weighted by Crippen LogP contribution is 2.38. The molecule has 1 saturated carbocycles. The lowest BCUT2D eigenvalue weighted by molar-refractivity contribution is 0.271. The highest BCUT2D eigenvalue weighted by atomic mass is 32.2. The largest absolute Gasteiger partial charge is 0.362 e. The van der Waals surface area contributed by atoms with Crippen LogP contribution in [0.4, 0.5) is 11.8 Å². The van der Waals surface area contributed by atoms with E-state index < -0.39 is 10.8 Å². The summed E-state index contributed by atoms with van der Waals surface area (Å²) in [4.78, 5) is 21.4. The van der Waals surface area contributed by atoms with Gasteiger partial charge in [0.25, 0.3) is 0 Å². The summed E-state index contributed by atoms with van der Waals surface area (Å²) < 4.78 is 12.7. The number of aryl methyl sites for hydroxylation is 1. The first kappa shape index (κ1) is 21.0. The van der Waals surface area contributed by atoms with Crippen molar-refractivity contribution >= 4 is 28.1 Å². The van der Waals surface area contributed by atoms with Gasteiger partial charge < -0.3 is 15.5 Å². The van der Waals surface area contributed by atoms with E-state index in [1.54, 1.807) is 12.4 Å². The molecule has 0 saturated heterocycles. The highest BCUT2D eigenvalue weighted by molar-refractivity contribution is 7.85. The molecule has 1 unspecified atom stereocenters. The maximum atomic E-state index is 12.7. The van der Waals surface area contributed by atoms with E-state index in [4.69, 9.17) is 16.4 Å². The van der Waals surface area contributed by atoms with Crippen molar-refractivity contribution in [3.63, 3.8) is 0 Å². The molecule has 2 aromatic heterocycles. The molecular weight excluding hydrogens is 422 g/mol. The van der Waals surface area contributed by atoms with Gasteiger partial charge in [-0.25, -0.2) is 15.0 Å². The number of aromatic nitrogens is 4. The van der Waals surface area contributed by atoms with Crippen LogP contribution in [0, 0.1) is 12.3 Å². The third-order valence-corrected chi connectivity index (χ3v) is 7.94. The molecule has 0 bridgehead atoms. The number of rotatable bonds is 6. The van der Waals surface area contributed by atoms with Crippen LogP contribution in [0.5, 0.6) is 0 Å². The second kappa shape index (κ2) is 8.60. The third-order valence-electron chi connectivity index (χ3n) is 6.48. The van der Waals surface area contributed by atoms with Crippen LogP contribution >= 0.6 is 0 Å². The maximum absolute atomic E-state index is 12.7. The van der Waals surface area contributed by atoms with Crippen LogP contribution in [-0.4, -0.2) is 62.1 Å². The Morgan fingerprint density at radius 3 is 2.69 bits per heavy atom. The van der Waals surface area contributed by atoms with E-state index in [2.05, 4.69) is 37.5 Å². The van der Waals surface area contributed by atoms with Crippen molar-refractivity contribution in [3.8, 4) is 12.3 Å². The van der Waals surface area contributed by atoms with Crippen LogP contribution in [0.2, 0.25) is 0 Å². The molecule has 0 spiro atoms. The predicted octanol–water partition coefficient (Wildman–Crippen LogP) is 1.76. The van der Waals surface area contributed by atoms with Crippen LogP contribution in [0.15, 0.2) is 23.4 Å². The molecular formula is C23H27N7OS. The lowest BCUT2D eigenvalue weighted by Crippen LogP contribution is -2.52. The molecule has 0 radical (unpaired) electrons. The summed E-state index contributed by atoms with van der Waals surface area (Å²) in [5, 5.41) is 6.96. The molecule has 5 rings (SSSR count). The Labute approximate surface area is 190 Å². The first-order valence-electron chi connectivity index (χ1n) is 11.1. The quantitative estimate of drug-likeness (QED) is 0.644. The van der Waals surface area contributed by atoms with E-state index in [9.17, 15) is 4.21 Å². The highest BCUT2D eigenvalue weighted by Gasteiger charge is 2.39. The number of terminal acetylenes is 1. The smallest absolute Gasteiger partial charge is 0.227 e. The van der Waals surface area contributed by atoms with E-state index in [0.29, 0.717) is 23.8 Å². The summed E-state index contributed by atoms with van der Waals surface area (Å²) in [7, 11) is 0.928. The molecule has 3 aliphatic rings. The molecule has 0 amide bonds. The molecule has 1 atom stereocenters. The SMILES string of the molecule is C#Cc1cnc(C2=CCN(c3nc4c(c(NC5(CNC)CCC5)n3)S(=O)CC4)CC2)nc1. The molecule has 9 heteroatoms. The summed E-state index contributed by atoms with van der Waals surface area (Å²) in [6.07, 6.45) is 15.8. The third kappa shape index (κ3) is 3.89.